The first kappa shape index (κ1) is 13.2. The van der Waals surface area contributed by atoms with Gasteiger partial charge in [0, 0.05) is 13.6 Å². The van der Waals surface area contributed by atoms with Crippen molar-refractivity contribution in [2.24, 2.45) is 0 Å². The number of hydrogen-bond donors (Lipinski definition) is 1. The van der Waals surface area contributed by atoms with Crippen LogP contribution < -0.4 is 4.72 Å². The van der Waals surface area contributed by atoms with Gasteiger partial charge < -0.3 is 4.42 Å². The van der Waals surface area contributed by atoms with E-state index in [0.29, 0.717) is 12.3 Å². The van der Waals surface area contributed by atoms with Crippen molar-refractivity contribution in [2.75, 3.05) is 13.6 Å². The summed E-state index contributed by atoms with van der Waals surface area (Å²) in [7, 11) is -1.82. The van der Waals surface area contributed by atoms with Crippen molar-refractivity contribution in [3.8, 4) is 0 Å². The quantitative estimate of drug-likeness (QED) is 0.790. The van der Waals surface area contributed by atoms with Gasteiger partial charge in [-0.2, -0.15) is 17.4 Å². The summed E-state index contributed by atoms with van der Waals surface area (Å²) < 4.78 is 32.2. The topological polar surface area (TPSA) is 62.6 Å². The van der Waals surface area contributed by atoms with Crippen LogP contribution in [0.25, 0.3) is 0 Å². The van der Waals surface area contributed by atoms with Gasteiger partial charge >= 0.3 is 0 Å². The first-order chi connectivity index (χ1) is 7.56. The van der Waals surface area contributed by atoms with Crippen molar-refractivity contribution in [2.45, 2.75) is 26.3 Å². The molecule has 0 saturated carbocycles. The summed E-state index contributed by atoms with van der Waals surface area (Å²) in [5, 5.41) is 0. The van der Waals surface area contributed by atoms with Gasteiger partial charge in [0.2, 0.25) is 0 Å². The second kappa shape index (κ2) is 6.03. The smallest absolute Gasteiger partial charge is 0.279 e. The molecular formula is C10H18N2O3S. The molecule has 0 radical (unpaired) electrons. The highest BCUT2D eigenvalue weighted by Crippen LogP contribution is 2.02. The molecule has 1 N–H and O–H groups in total. The van der Waals surface area contributed by atoms with Gasteiger partial charge in [-0.05, 0) is 18.6 Å². The van der Waals surface area contributed by atoms with Crippen LogP contribution in [0.15, 0.2) is 22.8 Å². The zero-order chi connectivity index (χ0) is 12.0. The number of nitrogens with zero attached hydrogens (tertiary/aromatic N) is 1. The first-order valence-electron chi connectivity index (χ1n) is 5.29. The summed E-state index contributed by atoms with van der Waals surface area (Å²) in [4.78, 5) is 0. The molecule has 0 aliphatic carbocycles. The average molecular weight is 246 g/mol. The van der Waals surface area contributed by atoms with E-state index in [4.69, 9.17) is 4.42 Å². The van der Waals surface area contributed by atoms with Crippen molar-refractivity contribution < 1.29 is 12.8 Å². The number of nitrogens with one attached hydrogen (secondary N) is 1. The minimum absolute atomic E-state index is 0.186. The fraction of sp³-hybridized carbons (Fsp3) is 0.600. The maximum Gasteiger partial charge on any atom is 0.279 e. The molecule has 0 saturated heterocycles. The van der Waals surface area contributed by atoms with Gasteiger partial charge in [-0.3, -0.25) is 0 Å². The van der Waals surface area contributed by atoms with Gasteiger partial charge in [-0.1, -0.05) is 13.3 Å². The van der Waals surface area contributed by atoms with Gasteiger partial charge in [-0.25, -0.2) is 0 Å². The Balaban J connectivity index is 2.45. The second-order valence-corrected chi connectivity index (χ2v) is 5.44. The minimum Gasteiger partial charge on any atom is -0.468 e. The van der Waals surface area contributed by atoms with Gasteiger partial charge in [-0.15, -0.1) is 0 Å². The molecular weight excluding hydrogens is 228 g/mol. The molecule has 6 heteroatoms. The zero-order valence-electron chi connectivity index (χ0n) is 9.64. The van der Waals surface area contributed by atoms with E-state index in [1.165, 1.54) is 10.6 Å². The minimum atomic E-state index is -3.39. The van der Waals surface area contributed by atoms with Crippen LogP contribution in [0.4, 0.5) is 0 Å². The second-order valence-electron chi connectivity index (χ2n) is 3.58. The van der Waals surface area contributed by atoms with Crippen LogP contribution in [0.1, 0.15) is 25.5 Å². The molecule has 0 atom stereocenters. The summed E-state index contributed by atoms with van der Waals surface area (Å²) in [6, 6.07) is 3.46. The number of hydrogen-bond acceptors (Lipinski definition) is 3. The maximum absolute atomic E-state index is 11.7. The Morgan fingerprint density at radius 1 is 1.50 bits per heavy atom. The van der Waals surface area contributed by atoms with Crippen LogP contribution in [0.5, 0.6) is 0 Å². The van der Waals surface area contributed by atoms with E-state index in [-0.39, 0.29) is 6.54 Å². The standard InChI is InChI=1S/C10H18N2O3S/c1-3-4-7-12(2)16(13,14)11-9-10-6-5-8-15-10/h5-6,8,11H,3-4,7,9H2,1-2H3. The summed E-state index contributed by atoms with van der Waals surface area (Å²) in [6.07, 6.45) is 3.35. The Morgan fingerprint density at radius 2 is 2.25 bits per heavy atom. The monoisotopic (exact) mass is 246 g/mol. The zero-order valence-corrected chi connectivity index (χ0v) is 10.5. The lowest BCUT2D eigenvalue weighted by atomic mass is 10.3. The van der Waals surface area contributed by atoms with Crippen molar-refractivity contribution in [1.29, 1.82) is 0 Å². The van der Waals surface area contributed by atoms with E-state index in [2.05, 4.69) is 4.72 Å². The molecule has 0 bridgehead atoms. The van der Waals surface area contributed by atoms with Crippen LogP contribution in [0, 0.1) is 0 Å². The summed E-state index contributed by atoms with van der Waals surface area (Å²) >= 11 is 0. The number of rotatable bonds is 7. The molecule has 0 amide bonds. The third kappa shape index (κ3) is 3.96. The third-order valence-electron chi connectivity index (χ3n) is 2.25. The highest BCUT2D eigenvalue weighted by Gasteiger charge is 2.16. The molecule has 92 valence electrons. The predicted molar refractivity (Wildman–Crippen MR) is 62.0 cm³/mol. The molecule has 0 aliphatic heterocycles. The lowest BCUT2D eigenvalue weighted by Crippen LogP contribution is -2.38. The Morgan fingerprint density at radius 3 is 2.81 bits per heavy atom. The Labute approximate surface area is 96.6 Å². The van der Waals surface area contributed by atoms with Gasteiger partial charge in [0.1, 0.15) is 5.76 Å². The fourth-order valence-electron chi connectivity index (χ4n) is 1.19. The van der Waals surface area contributed by atoms with E-state index in [1.54, 1.807) is 19.2 Å². The van der Waals surface area contributed by atoms with Crippen molar-refractivity contribution in [3.63, 3.8) is 0 Å². The van der Waals surface area contributed by atoms with Crippen LogP contribution >= 0.6 is 0 Å². The van der Waals surface area contributed by atoms with E-state index in [9.17, 15) is 8.42 Å². The Kier molecular flexibility index (Phi) is 4.98. The molecule has 0 fully saturated rings. The fourth-order valence-corrected chi connectivity index (χ4v) is 2.10. The predicted octanol–water partition coefficient (Wildman–Crippen LogP) is 1.35. The largest absolute Gasteiger partial charge is 0.468 e. The van der Waals surface area contributed by atoms with Crippen LogP contribution in [-0.4, -0.2) is 26.3 Å². The van der Waals surface area contributed by atoms with Crippen molar-refractivity contribution in [3.05, 3.63) is 24.2 Å². The molecule has 0 unspecified atom stereocenters. The van der Waals surface area contributed by atoms with E-state index in [0.717, 1.165) is 12.8 Å². The number of unbranched alkanes of at least 4 members (excludes halogenated alkanes) is 1. The molecule has 1 rings (SSSR count). The molecule has 1 aromatic heterocycles. The van der Waals surface area contributed by atoms with E-state index >= 15 is 0 Å². The van der Waals surface area contributed by atoms with Crippen LogP contribution in [0.2, 0.25) is 0 Å². The lowest BCUT2D eigenvalue weighted by Gasteiger charge is -2.16. The van der Waals surface area contributed by atoms with E-state index < -0.39 is 10.2 Å². The van der Waals surface area contributed by atoms with Crippen molar-refractivity contribution in [1.82, 2.24) is 9.03 Å². The molecule has 1 heterocycles. The molecule has 16 heavy (non-hydrogen) atoms. The summed E-state index contributed by atoms with van der Waals surface area (Å²) in [5.41, 5.74) is 0. The molecule has 0 aromatic carbocycles. The van der Waals surface area contributed by atoms with Crippen molar-refractivity contribution >= 4 is 10.2 Å². The SMILES string of the molecule is CCCCN(C)S(=O)(=O)NCc1ccco1. The van der Waals surface area contributed by atoms with Crippen LogP contribution in [0.3, 0.4) is 0 Å². The first-order valence-corrected chi connectivity index (χ1v) is 6.73. The highest BCUT2D eigenvalue weighted by molar-refractivity contribution is 7.87. The molecule has 1 aromatic rings. The lowest BCUT2D eigenvalue weighted by molar-refractivity contribution is 0.440. The summed E-state index contributed by atoms with van der Waals surface area (Å²) in [5.74, 6) is 0.604. The van der Waals surface area contributed by atoms with Gasteiger partial charge in [0.05, 0.1) is 12.8 Å². The van der Waals surface area contributed by atoms with Gasteiger partial charge in [0.25, 0.3) is 10.2 Å². The van der Waals surface area contributed by atoms with Gasteiger partial charge in [0.15, 0.2) is 0 Å². The molecule has 0 spiro atoms. The normalized spacial score (nSPS) is 12.2. The highest BCUT2D eigenvalue weighted by atomic mass is 32.2. The van der Waals surface area contributed by atoms with E-state index in [1.807, 2.05) is 6.92 Å². The number of furan rings is 1. The summed E-state index contributed by atoms with van der Waals surface area (Å²) in [6.45, 7) is 2.74. The Bertz CT molecular complexity index is 386. The maximum atomic E-state index is 11.7. The molecule has 5 nitrogen and oxygen atoms in total. The molecule has 0 aliphatic rings. The average Bonchev–Trinajstić information content (AvgIpc) is 2.76. The third-order valence-corrected chi connectivity index (χ3v) is 3.76. The Hall–Kier alpha value is -0.850. The van der Waals surface area contributed by atoms with Crippen LogP contribution in [-0.2, 0) is 16.8 Å².